The smallest absolute Gasteiger partial charge is 0.245 e. The molecule has 0 saturated carbocycles. The predicted octanol–water partition coefficient (Wildman–Crippen LogP) is 3.75. The Balaban J connectivity index is 2.54. The van der Waals surface area contributed by atoms with E-state index in [1.807, 2.05) is 30.3 Å². The summed E-state index contributed by atoms with van der Waals surface area (Å²) in [6, 6.07) is 9.33. The van der Waals surface area contributed by atoms with Crippen molar-refractivity contribution in [3.63, 3.8) is 0 Å². The number of rotatable bonds is 3. The van der Waals surface area contributed by atoms with Crippen LogP contribution < -0.4 is 5.32 Å². The molecule has 1 N–H and O–H groups in total. The van der Waals surface area contributed by atoms with Gasteiger partial charge in [0.2, 0.25) is 9.70 Å². The van der Waals surface area contributed by atoms with Gasteiger partial charge in [-0.15, -0.1) is 0 Å². The van der Waals surface area contributed by atoms with Crippen LogP contribution in [0.1, 0.15) is 5.56 Å². The quantitative estimate of drug-likeness (QED) is 0.514. The lowest BCUT2D eigenvalue weighted by atomic mass is 10.2. The molecule has 17 heavy (non-hydrogen) atoms. The van der Waals surface area contributed by atoms with Gasteiger partial charge in [-0.05, 0) is 11.6 Å². The van der Waals surface area contributed by atoms with E-state index in [0.717, 1.165) is 5.56 Å². The second kappa shape index (κ2) is 6.50. The number of alkyl halides is 4. The Morgan fingerprint density at radius 1 is 1.24 bits per heavy atom. The van der Waals surface area contributed by atoms with Crippen molar-refractivity contribution in [2.75, 3.05) is 0 Å². The summed E-state index contributed by atoms with van der Waals surface area (Å²) in [5.74, 6) is -0.430. The number of hydrogen-bond donors (Lipinski definition) is 1. The first-order valence-electron chi connectivity index (χ1n) is 4.64. The van der Waals surface area contributed by atoms with Crippen LogP contribution in [-0.2, 0) is 4.79 Å². The summed E-state index contributed by atoms with van der Waals surface area (Å²) in [6.07, 6.45) is 2.96. The van der Waals surface area contributed by atoms with Gasteiger partial charge in [0.15, 0.2) is 5.50 Å². The Labute approximate surface area is 119 Å². The molecule has 0 aliphatic carbocycles. The normalized spacial score (nSPS) is 13.6. The van der Waals surface area contributed by atoms with Gasteiger partial charge in [0.25, 0.3) is 0 Å². The van der Waals surface area contributed by atoms with Crippen LogP contribution in [0.2, 0.25) is 0 Å². The maximum atomic E-state index is 11.4. The van der Waals surface area contributed by atoms with Crippen molar-refractivity contribution >= 4 is 58.4 Å². The van der Waals surface area contributed by atoms with Crippen LogP contribution in [0.25, 0.3) is 6.08 Å². The molecule has 0 aliphatic heterocycles. The summed E-state index contributed by atoms with van der Waals surface area (Å²) in [5.41, 5.74) is -0.192. The summed E-state index contributed by atoms with van der Waals surface area (Å²) >= 11 is 22.2. The summed E-state index contributed by atoms with van der Waals surface area (Å²) < 4.78 is -1.74. The highest BCUT2D eigenvalue weighted by atomic mass is 35.6. The van der Waals surface area contributed by atoms with Crippen LogP contribution in [0.3, 0.4) is 0 Å². The van der Waals surface area contributed by atoms with Crippen molar-refractivity contribution < 1.29 is 4.79 Å². The van der Waals surface area contributed by atoms with Gasteiger partial charge < -0.3 is 5.32 Å². The number of amides is 1. The number of carbonyl (C=O) groups excluding carboxylic acids is 1. The fourth-order valence-corrected chi connectivity index (χ4v) is 1.26. The molecular weight excluding hydrogens is 304 g/mol. The van der Waals surface area contributed by atoms with E-state index in [9.17, 15) is 4.79 Å². The number of benzene rings is 1. The minimum atomic E-state index is -1.74. The molecular formula is C11H9Cl4NO. The van der Waals surface area contributed by atoms with E-state index in [0.29, 0.717) is 0 Å². The van der Waals surface area contributed by atoms with Crippen LogP contribution in [0.4, 0.5) is 0 Å². The Morgan fingerprint density at radius 2 is 1.82 bits per heavy atom. The lowest BCUT2D eigenvalue weighted by Gasteiger charge is -2.18. The molecule has 0 fully saturated rings. The minimum Gasteiger partial charge on any atom is -0.333 e. The van der Waals surface area contributed by atoms with Crippen LogP contribution >= 0.6 is 46.4 Å². The molecule has 0 spiro atoms. The van der Waals surface area contributed by atoms with E-state index >= 15 is 0 Å². The van der Waals surface area contributed by atoms with Crippen molar-refractivity contribution in [3.8, 4) is 0 Å². The summed E-state index contributed by atoms with van der Waals surface area (Å²) in [7, 11) is 0. The first-order valence-corrected chi connectivity index (χ1v) is 6.21. The highest BCUT2D eigenvalue weighted by Crippen LogP contribution is 2.32. The van der Waals surface area contributed by atoms with Crippen LogP contribution in [0.15, 0.2) is 36.4 Å². The van der Waals surface area contributed by atoms with Gasteiger partial charge in [-0.25, -0.2) is 0 Å². The summed E-state index contributed by atoms with van der Waals surface area (Å²) in [4.78, 5) is 11.4. The molecule has 1 atom stereocenters. The molecule has 0 saturated heterocycles. The molecule has 92 valence electrons. The molecule has 6 heteroatoms. The van der Waals surface area contributed by atoms with Gasteiger partial charge in [0, 0.05) is 6.08 Å². The van der Waals surface area contributed by atoms with E-state index in [2.05, 4.69) is 5.32 Å². The SMILES string of the molecule is O=C(/C=C/c1ccccc1)N[C@H](Cl)C(Cl)(Cl)Cl. The van der Waals surface area contributed by atoms with E-state index in [-0.39, 0.29) is 0 Å². The van der Waals surface area contributed by atoms with E-state index in [1.165, 1.54) is 6.08 Å². The maximum absolute atomic E-state index is 11.4. The third-order valence-corrected chi connectivity index (χ3v) is 3.21. The third-order valence-electron chi connectivity index (χ3n) is 1.78. The fourth-order valence-electron chi connectivity index (χ4n) is 0.991. The zero-order chi connectivity index (χ0) is 12.9. The van der Waals surface area contributed by atoms with Crippen molar-refractivity contribution in [2.24, 2.45) is 0 Å². The van der Waals surface area contributed by atoms with Crippen molar-refractivity contribution in [1.82, 2.24) is 5.32 Å². The molecule has 1 rings (SSSR count). The zero-order valence-corrected chi connectivity index (χ0v) is 11.6. The number of halogens is 4. The van der Waals surface area contributed by atoms with Crippen LogP contribution in [0, 0.1) is 0 Å². The maximum Gasteiger partial charge on any atom is 0.245 e. The largest absolute Gasteiger partial charge is 0.333 e. The highest BCUT2D eigenvalue weighted by Gasteiger charge is 2.31. The third kappa shape index (κ3) is 5.64. The average Bonchev–Trinajstić information content (AvgIpc) is 2.26. The monoisotopic (exact) mass is 311 g/mol. The molecule has 0 heterocycles. The molecule has 1 aromatic carbocycles. The Morgan fingerprint density at radius 3 is 2.35 bits per heavy atom. The lowest BCUT2D eigenvalue weighted by molar-refractivity contribution is -0.116. The molecule has 1 amide bonds. The second-order valence-electron chi connectivity index (χ2n) is 3.16. The zero-order valence-electron chi connectivity index (χ0n) is 8.54. The first-order chi connectivity index (χ1) is 7.89. The highest BCUT2D eigenvalue weighted by molar-refractivity contribution is 6.70. The number of hydrogen-bond acceptors (Lipinski definition) is 1. The van der Waals surface area contributed by atoms with Gasteiger partial charge in [-0.1, -0.05) is 76.7 Å². The van der Waals surface area contributed by atoms with Gasteiger partial charge in [-0.2, -0.15) is 0 Å². The van der Waals surface area contributed by atoms with E-state index < -0.39 is 15.2 Å². The molecule has 1 aromatic rings. The molecule has 0 radical (unpaired) electrons. The first kappa shape index (κ1) is 14.7. The van der Waals surface area contributed by atoms with Gasteiger partial charge in [0.05, 0.1) is 0 Å². The van der Waals surface area contributed by atoms with E-state index in [4.69, 9.17) is 46.4 Å². The second-order valence-corrected chi connectivity index (χ2v) is 5.96. The fraction of sp³-hybridized carbons (Fsp3) is 0.182. The summed E-state index contributed by atoms with van der Waals surface area (Å²) in [5, 5.41) is 2.33. The molecule has 0 aromatic heterocycles. The predicted molar refractivity (Wildman–Crippen MR) is 73.5 cm³/mol. The molecule has 0 bridgehead atoms. The Hall–Kier alpha value is -0.410. The topological polar surface area (TPSA) is 29.1 Å². The minimum absolute atomic E-state index is 0.430. The summed E-state index contributed by atoms with van der Waals surface area (Å²) in [6.45, 7) is 0. The number of nitrogens with one attached hydrogen (secondary N) is 1. The van der Waals surface area contributed by atoms with Gasteiger partial charge in [0.1, 0.15) is 0 Å². The van der Waals surface area contributed by atoms with Gasteiger partial charge in [-0.3, -0.25) is 4.79 Å². The van der Waals surface area contributed by atoms with Crippen molar-refractivity contribution in [1.29, 1.82) is 0 Å². The average molecular weight is 313 g/mol. The van der Waals surface area contributed by atoms with Crippen molar-refractivity contribution in [2.45, 2.75) is 9.29 Å². The van der Waals surface area contributed by atoms with Crippen LogP contribution in [0.5, 0.6) is 0 Å². The van der Waals surface area contributed by atoms with Gasteiger partial charge >= 0.3 is 0 Å². The van der Waals surface area contributed by atoms with Crippen LogP contribution in [-0.4, -0.2) is 15.2 Å². The Bertz CT molecular complexity index is 400. The van der Waals surface area contributed by atoms with E-state index in [1.54, 1.807) is 6.08 Å². The molecule has 2 nitrogen and oxygen atoms in total. The number of carbonyl (C=O) groups is 1. The Kier molecular flexibility index (Phi) is 5.60. The molecule has 0 aliphatic rings. The van der Waals surface area contributed by atoms with Crippen molar-refractivity contribution in [3.05, 3.63) is 42.0 Å². The lowest BCUT2D eigenvalue weighted by Crippen LogP contribution is -2.38. The standard InChI is InChI=1S/C11H9Cl4NO/c12-10(11(13,14)15)16-9(17)7-6-8-4-2-1-3-5-8/h1-7,10H,(H,16,17)/b7-6+/t10-/m0/s1. The molecule has 0 unspecified atom stereocenters.